The van der Waals surface area contributed by atoms with Gasteiger partial charge in [-0.3, -0.25) is 14.9 Å². The van der Waals surface area contributed by atoms with Gasteiger partial charge in [-0.05, 0) is 36.4 Å². The summed E-state index contributed by atoms with van der Waals surface area (Å²) in [4.78, 5) is 36.7. The summed E-state index contributed by atoms with van der Waals surface area (Å²) >= 11 is 6.30. The number of aromatic amines is 1. The molecule has 0 radical (unpaired) electrons. The van der Waals surface area contributed by atoms with Gasteiger partial charge in [-0.15, -0.1) is 0 Å². The molecule has 2 aromatic carbocycles. The molecule has 198 valence electrons. The lowest BCUT2D eigenvalue weighted by Crippen LogP contribution is -2.28. The largest absolute Gasteiger partial charge is 0.416 e. The molecule has 2 heterocycles. The van der Waals surface area contributed by atoms with Gasteiger partial charge in [0.2, 0.25) is 11.9 Å². The Hall–Kier alpha value is -4.06. The molecule has 13 heteroatoms. The molecule has 4 aromatic rings. The van der Waals surface area contributed by atoms with Crippen LogP contribution in [0.4, 0.5) is 33.6 Å². The van der Waals surface area contributed by atoms with Gasteiger partial charge in [-0.25, -0.2) is 13.8 Å². The van der Waals surface area contributed by atoms with Crippen molar-refractivity contribution in [2.24, 2.45) is 5.41 Å². The molecule has 0 unspecified atom stereocenters. The molecule has 0 aliphatic carbocycles. The van der Waals surface area contributed by atoms with Crippen LogP contribution in [0.1, 0.15) is 36.7 Å². The van der Waals surface area contributed by atoms with Crippen LogP contribution in [-0.4, -0.2) is 26.8 Å². The second kappa shape index (κ2) is 9.67. The van der Waals surface area contributed by atoms with Crippen molar-refractivity contribution in [1.29, 1.82) is 0 Å². The third-order valence-corrected chi connectivity index (χ3v) is 5.69. The van der Waals surface area contributed by atoms with Gasteiger partial charge in [0.1, 0.15) is 17.3 Å². The van der Waals surface area contributed by atoms with Gasteiger partial charge in [-0.1, -0.05) is 32.4 Å². The highest BCUT2D eigenvalue weighted by Gasteiger charge is 2.32. The highest BCUT2D eigenvalue weighted by molar-refractivity contribution is 6.33. The topological polar surface area (TPSA) is 99.8 Å². The molecule has 0 atom stereocenters. The maximum atomic E-state index is 14.2. The SMILES string of the molecule is CC(C)(C)C(=O)Nc1nc(-c2cc(F)ccc2Cl)c2c(NC(=O)c3cc(F)cc(C(F)(F)F)c3)c[nH]c2n1. The number of rotatable bonds is 4. The van der Waals surface area contributed by atoms with Crippen LogP contribution in [0.5, 0.6) is 0 Å². The van der Waals surface area contributed by atoms with Crippen molar-refractivity contribution in [3.05, 3.63) is 70.4 Å². The predicted octanol–water partition coefficient (Wildman–Crippen LogP) is 6.81. The molecule has 2 aromatic heterocycles. The average Bonchev–Trinajstić information content (AvgIpc) is 3.21. The molecular formula is C25H19ClF5N5O2. The Labute approximate surface area is 217 Å². The molecule has 3 N–H and O–H groups in total. The van der Waals surface area contributed by atoms with Crippen molar-refractivity contribution in [3.63, 3.8) is 0 Å². The first kappa shape index (κ1) is 27.0. The Morgan fingerprint density at radius 2 is 1.66 bits per heavy atom. The Kier molecular flexibility index (Phi) is 6.87. The van der Waals surface area contributed by atoms with Gasteiger partial charge < -0.3 is 10.3 Å². The lowest BCUT2D eigenvalue weighted by atomic mass is 9.96. The second-order valence-electron chi connectivity index (χ2n) is 9.33. The van der Waals surface area contributed by atoms with Crippen LogP contribution in [-0.2, 0) is 11.0 Å². The van der Waals surface area contributed by atoms with Crippen LogP contribution in [0, 0.1) is 17.0 Å². The summed E-state index contributed by atoms with van der Waals surface area (Å²) in [7, 11) is 0. The van der Waals surface area contributed by atoms with Crippen molar-refractivity contribution in [2.75, 3.05) is 10.6 Å². The lowest BCUT2D eigenvalue weighted by molar-refractivity contribution is -0.137. The molecule has 7 nitrogen and oxygen atoms in total. The highest BCUT2D eigenvalue weighted by atomic mass is 35.5. The molecule has 4 rings (SSSR count). The van der Waals surface area contributed by atoms with Gasteiger partial charge in [-0.2, -0.15) is 18.2 Å². The highest BCUT2D eigenvalue weighted by Crippen LogP contribution is 2.37. The van der Waals surface area contributed by atoms with E-state index < -0.39 is 46.2 Å². The molecule has 0 saturated carbocycles. The number of fused-ring (bicyclic) bond motifs is 1. The predicted molar refractivity (Wildman–Crippen MR) is 132 cm³/mol. The first-order chi connectivity index (χ1) is 17.6. The van der Waals surface area contributed by atoms with E-state index in [4.69, 9.17) is 11.6 Å². The van der Waals surface area contributed by atoms with E-state index >= 15 is 0 Å². The Morgan fingerprint density at radius 3 is 2.32 bits per heavy atom. The second-order valence-corrected chi connectivity index (χ2v) is 9.74. The van der Waals surface area contributed by atoms with Crippen LogP contribution in [0.2, 0.25) is 5.02 Å². The monoisotopic (exact) mass is 551 g/mol. The van der Waals surface area contributed by atoms with Crippen LogP contribution >= 0.6 is 11.6 Å². The van der Waals surface area contributed by atoms with E-state index in [1.54, 1.807) is 20.8 Å². The summed E-state index contributed by atoms with van der Waals surface area (Å²) < 4.78 is 67.4. The quantitative estimate of drug-likeness (QED) is 0.243. The smallest absolute Gasteiger partial charge is 0.344 e. The number of aromatic nitrogens is 3. The number of benzene rings is 2. The first-order valence-corrected chi connectivity index (χ1v) is 11.4. The average molecular weight is 552 g/mol. The molecule has 2 amide bonds. The summed E-state index contributed by atoms with van der Waals surface area (Å²) in [5.41, 5.74) is -2.55. The molecule has 38 heavy (non-hydrogen) atoms. The fourth-order valence-electron chi connectivity index (χ4n) is 3.43. The van der Waals surface area contributed by atoms with Gasteiger partial charge in [0.05, 0.1) is 27.4 Å². The number of H-pyrrole nitrogens is 1. The van der Waals surface area contributed by atoms with E-state index in [0.717, 1.165) is 12.1 Å². The number of halogens is 6. The number of anilines is 2. The summed E-state index contributed by atoms with van der Waals surface area (Å²) in [6.07, 6.45) is -3.60. The molecule has 0 aliphatic heterocycles. The van der Waals surface area contributed by atoms with E-state index in [1.807, 2.05) is 0 Å². The Balaban J connectivity index is 1.84. The zero-order valence-corrected chi connectivity index (χ0v) is 20.8. The molecule has 0 bridgehead atoms. The molecule has 0 aliphatic rings. The summed E-state index contributed by atoms with van der Waals surface area (Å²) in [5, 5.41) is 5.17. The minimum absolute atomic E-state index is 0.00755. The third kappa shape index (κ3) is 5.59. The van der Waals surface area contributed by atoms with Crippen molar-refractivity contribution in [3.8, 4) is 11.3 Å². The normalized spacial score (nSPS) is 12.0. The summed E-state index contributed by atoms with van der Waals surface area (Å²) in [6.45, 7) is 5.01. The van der Waals surface area contributed by atoms with E-state index in [2.05, 4.69) is 25.6 Å². The maximum absolute atomic E-state index is 14.2. The lowest BCUT2D eigenvalue weighted by Gasteiger charge is -2.17. The standard InChI is InChI=1S/C25H19ClF5N5O2/c1-24(2,3)22(38)36-23-34-19(15-9-13(27)4-5-16(15)26)18-17(10-32-20(18)35-23)33-21(37)11-6-12(25(29,30)31)8-14(28)7-11/h4-10H,1-3H3,(H,33,37)(H2,32,34,35,36,38). The van der Waals surface area contributed by atoms with Crippen molar-refractivity contribution >= 4 is 46.1 Å². The van der Waals surface area contributed by atoms with Crippen molar-refractivity contribution in [1.82, 2.24) is 15.0 Å². The summed E-state index contributed by atoms with van der Waals surface area (Å²) in [6, 6.07) is 4.92. The van der Waals surface area contributed by atoms with E-state index in [1.165, 1.54) is 12.3 Å². The van der Waals surface area contributed by atoms with Gasteiger partial charge in [0, 0.05) is 22.7 Å². The Bertz CT molecular complexity index is 1580. The van der Waals surface area contributed by atoms with Gasteiger partial charge in [0.25, 0.3) is 5.91 Å². The zero-order valence-electron chi connectivity index (χ0n) is 20.0. The number of alkyl halides is 3. The summed E-state index contributed by atoms with van der Waals surface area (Å²) in [5.74, 6) is -3.53. The fourth-order valence-corrected chi connectivity index (χ4v) is 3.64. The fraction of sp³-hybridized carbons (Fsp3) is 0.200. The molecule has 0 fully saturated rings. The molecule has 0 saturated heterocycles. The van der Waals surface area contributed by atoms with Crippen LogP contribution in [0.15, 0.2) is 42.6 Å². The van der Waals surface area contributed by atoms with Gasteiger partial charge in [0.15, 0.2) is 0 Å². The van der Waals surface area contributed by atoms with Crippen molar-refractivity contribution < 1.29 is 31.5 Å². The number of hydrogen-bond donors (Lipinski definition) is 3. The van der Waals surface area contributed by atoms with E-state index in [0.29, 0.717) is 12.1 Å². The maximum Gasteiger partial charge on any atom is 0.416 e. The molecular weight excluding hydrogens is 533 g/mol. The van der Waals surface area contributed by atoms with Crippen molar-refractivity contribution in [2.45, 2.75) is 26.9 Å². The first-order valence-electron chi connectivity index (χ1n) is 11.0. The number of nitrogens with one attached hydrogen (secondary N) is 3. The van der Waals surface area contributed by atoms with E-state index in [-0.39, 0.29) is 45.0 Å². The van der Waals surface area contributed by atoms with E-state index in [9.17, 15) is 31.5 Å². The minimum atomic E-state index is -4.87. The number of carbonyl (C=O) groups is 2. The Morgan fingerprint density at radius 1 is 0.947 bits per heavy atom. The molecule has 0 spiro atoms. The number of hydrogen-bond acceptors (Lipinski definition) is 4. The number of nitrogens with zero attached hydrogens (tertiary/aromatic N) is 2. The minimum Gasteiger partial charge on any atom is -0.344 e. The van der Waals surface area contributed by atoms with Crippen LogP contribution in [0.3, 0.4) is 0 Å². The number of carbonyl (C=O) groups excluding carboxylic acids is 2. The van der Waals surface area contributed by atoms with Gasteiger partial charge >= 0.3 is 6.18 Å². The van der Waals surface area contributed by atoms with Crippen LogP contribution in [0.25, 0.3) is 22.3 Å². The van der Waals surface area contributed by atoms with Crippen LogP contribution < -0.4 is 10.6 Å². The zero-order chi connectivity index (χ0) is 28.0. The number of amides is 2. The third-order valence-electron chi connectivity index (χ3n) is 5.36.